The minimum absolute atomic E-state index is 0. The molecule has 0 aromatic carbocycles. The van der Waals surface area contributed by atoms with Crippen LogP contribution in [0.5, 0.6) is 0 Å². The maximum absolute atomic E-state index is 0. The van der Waals surface area contributed by atoms with E-state index in [0.717, 1.165) is 0 Å². The van der Waals surface area contributed by atoms with Crippen LogP contribution < -0.4 is 0 Å². The quantitative estimate of drug-likeness (QED) is 0.426. The van der Waals surface area contributed by atoms with Gasteiger partial charge >= 0.3 is 44.8 Å². The molecule has 0 radical (unpaired) electrons. The molecule has 0 saturated carbocycles. The summed E-state index contributed by atoms with van der Waals surface area (Å²) in [7, 11) is 0. The second kappa shape index (κ2) is 39.7. The van der Waals surface area contributed by atoms with E-state index in [-0.39, 0.29) is 72.2 Å². The molecule has 0 N–H and O–H groups in total. The van der Waals surface area contributed by atoms with Gasteiger partial charge in [0.2, 0.25) is 0 Å². The standard InChI is InChI=1S/2Ag.O.2H4Si/h;;;2*1H4/q2*+1;-2;;. The van der Waals surface area contributed by atoms with Crippen LogP contribution in [-0.4, -0.2) is 21.9 Å². The minimum atomic E-state index is 0. The summed E-state index contributed by atoms with van der Waals surface area (Å²) >= 11 is 0. The van der Waals surface area contributed by atoms with Crippen LogP contribution in [0, 0.1) is 0 Å². The van der Waals surface area contributed by atoms with Gasteiger partial charge in [-0.15, -0.1) is 0 Å². The van der Waals surface area contributed by atoms with Crippen LogP contribution in [0.4, 0.5) is 0 Å². The van der Waals surface area contributed by atoms with Gasteiger partial charge in [-0.05, 0) is 21.9 Å². The molecule has 0 aromatic heterocycles. The summed E-state index contributed by atoms with van der Waals surface area (Å²) in [5.41, 5.74) is 0. The van der Waals surface area contributed by atoms with Crippen molar-refractivity contribution < 1.29 is 50.2 Å². The van der Waals surface area contributed by atoms with Crippen LogP contribution in [0.3, 0.4) is 0 Å². The Balaban J connectivity index is 0. The third-order valence-electron chi connectivity index (χ3n) is 0. The number of rotatable bonds is 0. The van der Waals surface area contributed by atoms with E-state index in [1.165, 1.54) is 0 Å². The Labute approximate surface area is 71.7 Å². The fourth-order valence-electron chi connectivity index (χ4n) is 0. The van der Waals surface area contributed by atoms with Gasteiger partial charge in [0.05, 0.1) is 0 Å². The Morgan fingerprint density at radius 3 is 0.600 bits per heavy atom. The van der Waals surface area contributed by atoms with Crippen molar-refractivity contribution in [3.63, 3.8) is 0 Å². The molecule has 0 rings (SSSR count). The van der Waals surface area contributed by atoms with E-state index >= 15 is 0 Å². The molecule has 0 heterocycles. The summed E-state index contributed by atoms with van der Waals surface area (Å²) in [4.78, 5) is 0. The molecule has 0 bridgehead atoms. The van der Waals surface area contributed by atoms with Crippen LogP contribution in [0.25, 0.3) is 0 Å². The average molecular weight is 296 g/mol. The van der Waals surface area contributed by atoms with Gasteiger partial charge in [0, 0.05) is 0 Å². The maximum atomic E-state index is 0. The Bertz CT molecular complexity index is 7.61. The third-order valence-corrected chi connectivity index (χ3v) is 0. The normalized spacial score (nSPS) is 0. The Morgan fingerprint density at radius 2 is 0.600 bits per heavy atom. The van der Waals surface area contributed by atoms with E-state index in [9.17, 15) is 0 Å². The SMILES string of the molecule is [Ag+].[Ag+].[O-2].[SiH4].[SiH4]. The van der Waals surface area contributed by atoms with Crippen LogP contribution in [-0.2, 0) is 50.2 Å². The first-order valence-electron chi connectivity index (χ1n) is 0. The number of hydrogen-bond acceptors (Lipinski definition) is 0. The van der Waals surface area contributed by atoms with Gasteiger partial charge in [0.15, 0.2) is 0 Å². The molecule has 44 valence electrons. The van der Waals surface area contributed by atoms with Crippen molar-refractivity contribution in [2.75, 3.05) is 0 Å². The molecule has 0 atom stereocenters. The Kier molecular flexibility index (Phi) is 537. The topological polar surface area (TPSA) is 28.5 Å². The monoisotopic (exact) mass is 294 g/mol. The van der Waals surface area contributed by atoms with E-state index in [2.05, 4.69) is 0 Å². The second-order valence-electron chi connectivity index (χ2n) is 0. The first-order chi connectivity index (χ1) is 0. The summed E-state index contributed by atoms with van der Waals surface area (Å²) in [6, 6.07) is 0. The Hall–Kier alpha value is 1.87. The summed E-state index contributed by atoms with van der Waals surface area (Å²) in [5, 5.41) is 0. The van der Waals surface area contributed by atoms with Crippen molar-refractivity contribution >= 4 is 21.9 Å². The third kappa shape index (κ3) is 25.1. The fraction of sp³-hybridized carbons (Fsp3) is 0. The molecule has 0 fully saturated rings. The summed E-state index contributed by atoms with van der Waals surface area (Å²) < 4.78 is 0. The van der Waals surface area contributed by atoms with E-state index in [0.29, 0.717) is 0 Å². The van der Waals surface area contributed by atoms with E-state index in [1.54, 1.807) is 0 Å². The average Bonchev–Trinajstić information content (AvgIpc) is 0. The van der Waals surface area contributed by atoms with Gasteiger partial charge in [-0.2, -0.15) is 0 Å². The molecule has 0 aliphatic rings. The van der Waals surface area contributed by atoms with Crippen LogP contribution in [0.1, 0.15) is 0 Å². The Morgan fingerprint density at radius 1 is 0.600 bits per heavy atom. The van der Waals surface area contributed by atoms with E-state index in [4.69, 9.17) is 0 Å². The summed E-state index contributed by atoms with van der Waals surface area (Å²) in [5.74, 6) is 0. The molecule has 5 heteroatoms. The zero-order chi connectivity index (χ0) is 0. The van der Waals surface area contributed by atoms with Gasteiger partial charge in [-0.1, -0.05) is 0 Å². The molecule has 0 aliphatic carbocycles. The first kappa shape index (κ1) is 67.5. The summed E-state index contributed by atoms with van der Waals surface area (Å²) in [6.07, 6.45) is 0. The first-order valence-corrected chi connectivity index (χ1v) is 0. The molecule has 0 aliphatic heterocycles. The van der Waals surface area contributed by atoms with Gasteiger partial charge < -0.3 is 5.48 Å². The van der Waals surface area contributed by atoms with Crippen LogP contribution in [0.15, 0.2) is 0 Å². The molecule has 1 nitrogen and oxygen atoms in total. The molecule has 0 aromatic rings. The van der Waals surface area contributed by atoms with Crippen molar-refractivity contribution in [2.24, 2.45) is 0 Å². The minimum Gasteiger partial charge on any atom is -2.00 e. The van der Waals surface area contributed by atoms with Crippen molar-refractivity contribution in [3.8, 4) is 0 Å². The van der Waals surface area contributed by atoms with Gasteiger partial charge in [-0.3, -0.25) is 0 Å². The molecule has 0 spiro atoms. The van der Waals surface area contributed by atoms with Crippen molar-refractivity contribution in [1.29, 1.82) is 0 Å². The zero-order valence-corrected chi connectivity index (χ0v) is 3.98. The maximum Gasteiger partial charge on any atom is 1.00 e. The number of hydrogen-bond donors (Lipinski definition) is 0. The van der Waals surface area contributed by atoms with Crippen LogP contribution in [0.2, 0.25) is 0 Å². The largest absolute Gasteiger partial charge is 2.00 e. The van der Waals surface area contributed by atoms with E-state index in [1.807, 2.05) is 0 Å². The van der Waals surface area contributed by atoms with Crippen LogP contribution >= 0.6 is 0 Å². The van der Waals surface area contributed by atoms with Gasteiger partial charge in [0.25, 0.3) is 0 Å². The van der Waals surface area contributed by atoms with Crippen molar-refractivity contribution in [3.05, 3.63) is 0 Å². The fourth-order valence-corrected chi connectivity index (χ4v) is 0. The van der Waals surface area contributed by atoms with Crippen molar-refractivity contribution in [1.82, 2.24) is 0 Å². The smallest absolute Gasteiger partial charge is 1.00 e. The molecule has 5 heavy (non-hydrogen) atoms. The molecule has 0 amide bonds. The molecular weight excluding hydrogens is 288 g/mol. The molecule has 0 unspecified atom stereocenters. The molecule has 0 saturated heterocycles. The van der Waals surface area contributed by atoms with Gasteiger partial charge in [0.1, 0.15) is 0 Å². The van der Waals surface area contributed by atoms with E-state index < -0.39 is 0 Å². The predicted molar refractivity (Wildman–Crippen MR) is 23.4 cm³/mol. The zero-order valence-electron chi connectivity index (χ0n) is 1.01. The van der Waals surface area contributed by atoms with Crippen molar-refractivity contribution in [2.45, 2.75) is 0 Å². The second-order valence-corrected chi connectivity index (χ2v) is 0. The van der Waals surface area contributed by atoms with Gasteiger partial charge in [-0.25, -0.2) is 0 Å². The summed E-state index contributed by atoms with van der Waals surface area (Å²) in [6.45, 7) is 0. The predicted octanol–water partition coefficient (Wildman–Crippen LogP) is -3.03. The molecular formula is H8Ag2OSi2.